The number of hydrogen-bond donors (Lipinski definition) is 0. The summed E-state index contributed by atoms with van der Waals surface area (Å²) in [5.74, 6) is -1.84. The summed E-state index contributed by atoms with van der Waals surface area (Å²) in [6.45, 7) is 2.40. The predicted octanol–water partition coefficient (Wildman–Crippen LogP) is 5.49. The van der Waals surface area contributed by atoms with E-state index in [0.717, 1.165) is 19.3 Å². The first-order valence-corrected chi connectivity index (χ1v) is 10.0. The predicted molar refractivity (Wildman–Crippen MR) is 109 cm³/mol. The molecule has 0 aliphatic heterocycles. The van der Waals surface area contributed by atoms with Crippen molar-refractivity contribution in [2.24, 2.45) is 0 Å². The highest BCUT2D eigenvalue weighted by Gasteiger charge is 2.20. The van der Waals surface area contributed by atoms with Crippen LogP contribution in [-0.4, -0.2) is 24.7 Å². The summed E-state index contributed by atoms with van der Waals surface area (Å²) in [7, 11) is 0. The van der Waals surface area contributed by atoms with Crippen LogP contribution in [0.5, 0.6) is 5.75 Å². The van der Waals surface area contributed by atoms with Gasteiger partial charge in [-0.05, 0) is 30.7 Å². The first-order chi connectivity index (χ1) is 14.6. The second-order valence-electron chi connectivity index (χ2n) is 6.57. The fraction of sp³-hybridized carbons (Fsp3) is 0.348. The third kappa shape index (κ3) is 7.95. The molecule has 2 aromatic carbocycles. The molecule has 30 heavy (non-hydrogen) atoms. The van der Waals surface area contributed by atoms with E-state index in [9.17, 15) is 14.4 Å². The van der Waals surface area contributed by atoms with E-state index in [0.29, 0.717) is 0 Å². The van der Waals surface area contributed by atoms with Crippen molar-refractivity contribution in [1.29, 1.82) is 0 Å². The summed E-state index contributed by atoms with van der Waals surface area (Å²) in [6.07, 6.45) is 5.46. The van der Waals surface area contributed by atoms with E-state index in [1.807, 2.05) is 0 Å². The fourth-order valence-corrected chi connectivity index (χ4v) is 2.62. The zero-order valence-corrected chi connectivity index (χ0v) is 17.0. The molecule has 0 aliphatic carbocycles. The van der Waals surface area contributed by atoms with Gasteiger partial charge in [-0.2, -0.15) is 0 Å². The number of ether oxygens (including phenoxy) is 2. The number of para-hydroxylation sites is 1. The van der Waals surface area contributed by atoms with Crippen LogP contribution >= 0.6 is 0 Å². The molecule has 0 N–H and O–H groups in total. The molecule has 0 amide bonds. The number of unbranched alkanes of at least 4 members (excludes halogenated alkanes) is 5. The van der Waals surface area contributed by atoms with Crippen molar-refractivity contribution in [3.63, 3.8) is 0 Å². The Balaban J connectivity index is 1.80. The van der Waals surface area contributed by atoms with E-state index >= 15 is 0 Å². The quantitative estimate of drug-likeness (QED) is 0.167. The first-order valence-electron chi connectivity index (χ1n) is 10.0. The summed E-state index contributed by atoms with van der Waals surface area (Å²) >= 11 is 0. The van der Waals surface area contributed by atoms with E-state index in [-0.39, 0.29) is 23.5 Å². The Morgan fingerprint density at radius 3 is 2.13 bits per heavy atom. The molecule has 0 unspecified atom stereocenters. The third-order valence-corrected chi connectivity index (χ3v) is 4.22. The molecule has 0 spiro atoms. The zero-order valence-electron chi connectivity index (χ0n) is 17.0. The molecular formula is C23H26O7. The number of benzene rings is 2. The van der Waals surface area contributed by atoms with E-state index in [4.69, 9.17) is 9.47 Å². The molecule has 0 heterocycles. The summed E-state index contributed by atoms with van der Waals surface area (Å²) < 4.78 is 10.1. The van der Waals surface area contributed by atoms with Crippen LogP contribution in [0.2, 0.25) is 0 Å². The maximum atomic E-state index is 12.2. The lowest BCUT2D eigenvalue weighted by molar-refractivity contribution is -0.187. The van der Waals surface area contributed by atoms with Crippen molar-refractivity contribution in [2.45, 2.75) is 45.4 Å². The highest BCUT2D eigenvalue weighted by molar-refractivity contribution is 5.94. The molecule has 0 saturated carbocycles. The second kappa shape index (κ2) is 13.0. The van der Waals surface area contributed by atoms with Crippen molar-refractivity contribution in [3.8, 4) is 5.75 Å². The van der Waals surface area contributed by atoms with E-state index in [1.54, 1.807) is 30.3 Å². The lowest BCUT2D eigenvalue weighted by Gasteiger charge is -2.09. The Bertz CT molecular complexity index is 817. The SMILES string of the molecule is CCCCCCCCOC(=O)Oc1ccccc1C(=O)OOC(=O)c1ccccc1. The highest BCUT2D eigenvalue weighted by Crippen LogP contribution is 2.20. The van der Waals surface area contributed by atoms with Gasteiger partial charge in [0.2, 0.25) is 0 Å². The standard InChI is InChI=1S/C23H26O7/c1-2-3-4-5-6-12-17-27-23(26)28-20-16-11-10-15-19(20)22(25)30-29-21(24)18-13-8-7-9-14-18/h7-11,13-16H,2-6,12,17H2,1H3. The molecule has 0 bridgehead atoms. The Hall–Kier alpha value is -3.35. The molecule has 0 radical (unpaired) electrons. The average molecular weight is 414 g/mol. The van der Waals surface area contributed by atoms with Gasteiger partial charge in [-0.15, -0.1) is 0 Å². The van der Waals surface area contributed by atoms with Crippen LogP contribution in [0.4, 0.5) is 4.79 Å². The van der Waals surface area contributed by atoms with Crippen molar-refractivity contribution >= 4 is 18.1 Å². The Morgan fingerprint density at radius 2 is 1.37 bits per heavy atom. The van der Waals surface area contributed by atoms with E-state index < -0.39 is 18.1 Å². The van der Waals surface area contributed by atoms with Crippen LogP contribution in [0.3, 0.4) is 0 Å². The maximum absolute atomic E-state index is 12.2. The minimum absolute atomic E-state index is 0.0498. The molecule has 2 rings (SSSR count). The Morgan fingerprint density at radius 1 is 0.733 bits per heavy atom. The van der Waals surface area contributed by atoms with Crippen LogP contribution in [0.25, 0.3) is 0 Å². The summed E-state index contributed by atoms with van der Waals surface area (Å²) in [5, 5.41) is 0. The van der Waals surface area contributed by atoms with Gasteiger partial charge < -0.3 is 9.47 Å². The van der Waals surface area contributed by atoms with Crippen LogP contribution < -0.4 is 4.74 Å². The smallest absolute Gasteiger partial charge is 0.434 e. The first kappa shape index (κ1) is 22.9. The molecular weight excluding hydrogens is 388 g/mol. The number of carbonyl (C=O) groups excluding carboxylic acids is 3. The fourth-order valence-electron chi connectivity index (χ4n) is 2.62. The lowest BCUT2D eigenvalue weighted by Crippen LogP contribution is -2.16. The highest BCUT2D eigenvalue weighted by atomic mass is 17.2. The zero-order chi connectivity index (χ0) is 21.6. The maximum Gasteiger partial charge on any atom is 0.513 e. The summed E-state index contributed by atoms with van der Waals surface area (Å²) in [4.78, 5) is 45.2. The van der Waals surface area contributed by atoms with Crippen molar-refractivity contribution in [2.75, 3.05) is 6.61 Å². The van der Waals surface area contributed by atoms with Crippen molar-refractivity contribution in [3.05, 3.63) is 65.7 Å². The lowest BCUT2D eigenvalue weighted by atomic mass is 10.1. The Labute approximate surface area is 175 Å². The van der Waals surface area contributed by atoms with Gasteiger partial charge in [0.25, 0.3) is 0 Å². The average Bonchev–Trinajstić information content (AvgIpc) is 2.77. The molecule has 0 atom stereocenters. The summed E-state index contributed by atoms with van der Waals surface area (Å²) in [5.41, 5.74) is 0.156. The molecule has 160 valence electrons. The van der Waals surface area contributed by atoms with Crippen LogP contribution in [0.1, 0.15) is 66.2 Å². The van der Waals surface area contributed by atoms with Crippen LogP contribution in [0, 0.1) is 0 Å². The van der Waals surface area contributed by atoms with Gasteiger partial charge in [0.15, 0.2) is 0 Å². The molecule has 7 heteroatoms. The van der Waals surface area contributed by atoms with Crippen LogP contribution in [-0.2, 0) is 14.5 Å². The van der Waals surface area contributed by atoms with Gasteiger partial charge in [0.05, 0.1) is 12.2 Å². The van der Waals surface area contributed by atoms with Gasteiger partial charge >= 0.3 is 18.1 Å². The third-order valence-electron chi connectivity index (χ3n) is 4.22. The second-order valence-corrected chi connectivity index (χ2v) is 6.57. The monoisotopic (exact) mass is 414 g/mol. The molecule has 2 aromatic rings. The number of hydrogen-bond acceptors (Lipinski definition) is 7. The van der Waals surface area contributed by atoms with Gasteiger partial charge in [0, 0.05) is 0 Å². The van der Waals surface area contributed by atoms with E-state index in [2.05, 4.69) is 16.7 Å². The van der Waals surface area contributed by atoms with Gasteiger partial charge in [-0.1, -0.05) is 69.4 Å². The number of carbonyl (C=O) groups is 3. The topological polar surface area (TPSA) is 88.1 Å². The molecule has 0 saturated heterocycles. The molecule has 0 aliphatic rings. The minimum atomic E-state index is -0.974. The van der Waals surface area contributed by atoms with Crippen molar-refractivity contribution in [1.82, 2.24) is 0 Å². The molecule has 0 fully saturated rings. The Kier molecular flexibility index (Phi) is 9.92. The normalized spacial score (nSPS) is 10.2. The van der Waals surface area contributed by atoms with Gasteiger partial charge in [0.1, 0.15) is 11.3 Å². The number of rotatable bonds is 10. The van der Waals surface area contributed by atoms with Gasteiger partial charge in [-0.3, -0.25) is 0 Å². The molecule has 0 aromatic heterocycles. The molecule has 7 nitrogen and oxygen atoms in total. The largest absolute Gasteiger partial charge is 0.513 e. The van der Waals surface area contributed by atoms with Crippen molar-refractivity contribution < 1.29 is 33.6 Å². The minimum Gasteiger partial charge on any atom is -0.434 e. The van der Waals surface area contributed by atoms with E-state index in [1.165, 1.54) is 43.5 Å². The van der Waals surface area contributed by atoms with Gasteiger partial charge in [-0.25, -0.2) is 24.2 Å². The van der Waals surface area contributed by atoms with Crippen LogP contribution in [0.15, 0.2) is 54.6 Å². The summed E-state index contributed by atoms with van der Waals surface area (Å²) in [6, 6.07) is 14.0.